The van der Waals surface area contributed by atoms with Gasteiger partial charge < -0.3 is 10.1 Å². The molecule has 136 valence electrons. The van der Waals surface area contributed by atoms with E-state index >= 15 is 0 Å². The van der Waals surface area contributed by atoms with Crippen LogP contribution in [0.2, 0.25) is 0 Å². The fraction of sp³-hybridized carbons (Fsp3) is 0.190. The molecule has 1 N–H and O–H groups in total. The van der Waals surface area contributed by atoms with Crippen LogP contribution < -0.4 is 10.1 Å². The predicted octanol–water partition coefficient (Wildman–Crippen LogP) is 3.59. The largest absolute Gasteiger partial charge is 0.489 e. The lowest BCUT2D eigenvalue weighted by atomic mass is 9.86. The molecule has 0 radical (unpaired) electrons. The number of ketones is 1. The number of carbonyl (C=O) groups is 1. The third kappa shape index (κ3) is 3.21. The molecular weight excluding hydrogens is 340 g/mol. The summed E-state index contributed by atoms with van der Waals surface area (Å²) in [6, 6.07) is 17.3. The number of rotatable bonds is 5. The van der Waals surface area contributed by atoms with E-state index in [9.17, 15) is 4.79 Å². The Morgan fingerprint density at radius 3 is 2.70 bits per heavy atom. The van der Waals surface area contributed by atoms with E-state index in [4.69, 9.17) is 4.74 Å². The Kier molecular flexibility index (Phi) is 4.46. The molecule has 2 unspecified atom stereocenters. The molecule has 1 aliphatic heterocycles. The fourth-order valence-electron chi connectivity index (χ4n) is 3.47. The second kappa shape index (κ2) is 7.07. The monoisotopic (exact) mass is 360 g/mol. The van der Waals surface area contributed by atoms with Gasteiger partial charge in [-0.2, -0.15) is 10.1 Å². The summed E-state index contributed by atoms with van der Waals surface area (Å²) in [6.07, 6.45) is 1.47. The Morgan fingerprint density at radius 1 is 1.19 bits per heavy atom. The van der Waals surface area contributed by atoms with Gasteiger partial charge >= 0.3 is 0 Å². The molecule has 0 spiro atoms. The second-order valence-electron chi connectivity index (χ2n) is 6.52. The number of hydrogen-bond acceptors (Lipinski definition) is 5. The maximum atomic E-state index is 12.4. The summed E-state index contributed by atoms with van der Waals surface area (Å²) in [5.41, 5.74) is 2.57. The third-order valence-corrected chi connectivity index (χ3v) is 4.71. The average molecular weight is 360 g/mol. The number of nitrogens with one attached hydrogen (secondary N) is 1. The molecule has 6 nitrogen and oxygen atoms in total. The Bertz CT molecular complexity index is 981. The number of allylic oxidation sites excluding steroid dienone is 1. The maximum absolute atomic E-state index is 12.4. The molecule has 6 heteroatoms. The van der Waals surface area contributed by atoms with E-state index < -0.39 is 5.92 Å². The van der Waals surface area contributed by atoms with Crippen molar-refractivity contribution in [3.8, 4) is 5.75 Å². The van der Waals surface area contributed by atoms with Gasteiger partial charge in [0.15, 0.2) is 0 Å². The molecule has 0 saturated heterocycles. The topological polar surface area (TPSA) is 69.0 Å². The second-order valence-corrected chi connectivity index (χ2v) is 6.52. The lowest BCUT2D eigenvalue weighted by Crippen LogP contribution is -2.36. The summed E-state index contributed by atoms with van der Waals surface area (Å²) in [6.45, 7) is 6.05. The summed E-state index contributed by atoms with van der Waals surface area (Å²) in [4.78, 5) is 16.6. The van der Waals surface area contributed by atoms with E-state index in [0.717, 1.165) is 11.1 Å². The first-order chi connectivity index (χ1) is 13.1. The number of benzene rings is 2. The molecule has 1 aromatic heterocycles. The number of carbonyl (C=O) groups excluding carboxylic acids is 1. The third-order valence-electron chi connectivity index (χ3n) is 4.71. The highest BCUT2D eigenvalue weighted by molar-refractivity contribution is 5.84. The molecule has 2 atom stereocenters. The van der Waals surface area contributed by atoms with Crippen LogP contribution in [0.25, 0.3) is 0 Å². The van der Waals surface area contributed by atoms with Crippen molar-refractivity contribution >= 4 is 11.7 Å². The van der Waals surface area contributed by atoms with E-state index in [1.165, 1.54) is 6.33 Å². The van der Waals surface area contributed by atoms with Gasteiger partial charge in [-0.3, -0.25) is 4.79 Å². The summed E-state index contributed by atoms with van der Waals surface area (Å²) in [7, 11) is 0. The predicted molar refractivity (Wildman–Crippen MR) is 102 cm³/mol. The number of para-hydroxylation sites is 1. The molecule has 2 aromatic carbocycles. The minimum atomic E-state index is -0.458. The van der Waals surface area contributed by atoms with E-state index in [1.54, 1.807) is 11.6 Å². The molecule has 4 rings (SSSR count). The number of aromatic nitrogens is 3. The normalized spacial score (nSPS) is 18.5. The fourth-order valence-corrected chi connectivity index (χ4v) is 3.47. The SMILES string of the molecule is C=C1Nc2ncnn2C(c2ccccc2OCc2ccccc2)C1C(C)=O. The van der Waals surface area contributed by atoms with Crippen molar-refractivity contribution in [1.29, 1.82) is 0 Å². The van der Waals surface area contributed by atoms with Crippen LogP contribution in [0.3, 0.4) is 0 Å². The van der Waals surface area contributed by atoms with Gasteiger partial charge in [0.25, 0.3) is 0 Å². The van der Waals surface area contributed by atoms with E-state index in [0.29, 0.717) is 24.0 Å². The summed E-state index contributed by atoms with van der Waals surface area (Å²) in [5, 5.41) is 7.42. The highest BCUT2D eigenvalue weighted by atomic mass is 16.5. The Hall–Kier alpha value is -3.41. The first kappa shape index (κ1) is 17.0. The number of anilines is 1. The van der Waals surface area contributed by atoms with Crippen LogP contribution in [0.15, 0.2) is 73.2 Å². The minimum absolute atomic E-state index is 0.0107. The van der Waals surface area contributed by atoms with Gasteiger partial charge in [-0.15, -0.1) is 0 Å². The van der Waals surface area contributed by atoms with Gasteiger partial charge in [0, 0.05) is 11.3 Å². The molecular formula is C21H20N4O2. The van der Waals surface area contributed by atoms with Gasteiger partial charge in [-0.05, 0) is 18.6 Å². The Balaban J connectivity index is 1.73. The number of fused-ring (bicyclic) bond motifs is 1. The molecule has 27 heavy (non-hydrogen) atoms. The van der Waals surface area contributed by atoms with Crippen LogP contribution in [-0.2, 0) is 11.4 Å². The van der Waals surface area contributed by atoms with Gasteiger partial charge in [0.2, 0.25) is 5.95 Å². The average Bonchev–Trinajstić information content (AvgIpc) is 3.14. The number of hydrogen-bond donors (Lipinski definition) is 1. The Labute approximate surface area is 157 Å². The van der Waals surface area contributed by atoms with Gasteiger partial charge in [-0.25, -0.2) is 4.68 Å². The first-order valence-corrected chi connectivity index (χ1v) is 8.76. The van der Waals surface area contributed by atoms with Gasteiger partial charge in [0.1, 0.15) is 24.5 Å². The molecule has 3 aromatic rings. The van der Waals surface area contributed by atoms with Crippen molar-refractivity contribution < 1.29 is 9.53 Å². The lowest BCUT2D eigenvalue weighted by Gasteiger charge is -2.33. The summed E-state index contributed by atoms with van der Waals surface area (Å²) in [5.74, 6) is 0.839. The first-order valence-electron chi connectivity index (χ1n) is 8.76. The molecule has 0 aliphatic carbocycles. The summed E-state index contributed by atoms with van der Waals surface area (Å²) >= 11 is 0. The van der Waals surface area contributed by atoms with Crippen LogP contribution >= 0.6 is 0 Å². The summed E-state index contributed by atoms with van der Waals surface area (Å²) < 4.78 is 7.84. The van der Waals surface area contributed by atoms with Crippen molar-refractivity contribution in [2.75, 3.05) is 5.32 Å². The van der Waals surface area contributed by atoms with Crippen molar-refractivity contribution in [3.63, 3.8) is 0 Å². The maximum Gasteiger partial charge on any atom is 0.226 e. The van der Waals surface area contributed by atoms with Crippen molar-refractivity contribution in [2.45, 2.75) is 19.6 Å². The zero-order chi connectivity index (χ0) is 18.8. The highest BCUT2D eigenvalue weighted by Crippen LogP contribution is 2.41. The van der Waals surface area contributed by atoms with Crippen LogP contribution in [0, 0.1) is 5.92 Å². The number of Topliss-reactive ketones (excluding diaryl/α,β-unsaturated/α-hetero) is 1. The standard InChI is InChI=1S/C21H20N4O2/c1-14-19(15(2)26)20(25-21(24-14)22-13-23-25)17-10-6-7-11-18(17)27-12-16-8-4-3-5-9-16/h3-11,13,19-20H,1,12H2,2H3,(H,22,23,24). The Morgan fingerprint density at radius 2 is 1.93 bits per heavy atom. The molecule has 2 heterocycles. The van der Waals surface area contributed by atoms with Crippen LogP contribution in [0.1, 0.15) is 24.1 Å². The van der Waals surface area contributed by atoms with E-state index in [-0.39, 0.29) is 11.8 Å². The zero-order valence-corrected chi connectivity index (χ0v) is 15.0. The smallest absolute Gasteiger partial charge is 0.226 e. The van der Waals surface area contributed by atoms with Crippen LogP contribution in [-0.4, -0.2) is 20.5 Å². The van der Waals surface area contributed by atoms with Crippen molar-refractivity contribution in [3.05, 3.63) is 84.3 Å². The molecule has 0 fully saturated rings. The molecule has 1 aliphatic rings. The van der Waals surface area contributed by atoms with Gasteiger partial charge in [0.05, 0.1) is 12.0 Å². The molecule has 0 bridgehead atoms. The van der Waals surface area contributed by atoms with E-state index in [1.807, 2.05) is 54.6 Å². The highest BCUT2D eigenvalue weighted by Gasteiger charge is 2.38. The number of nitrogens with zero attached hydrogens (tertiary/aromatic N) is 3. The van der Waals surface area contributed by atoms with Crippen molar-refractivity contribution in [1.82, 2.24) is 14.8 Å². The van der Waals surface area contributed by atoms with Crippen LogP contribution in [0.5, 0.6) is 5.75 Å². The zero-order valence-electron chi connectivity index (χ0n) is 15.0. The van der Waals surface area contributed by atoms with Crippen molar-refractivity contribution in [2.24, 2.45) is 5.92 Å². The minimum Gasteiger partial charge on any atom is -0.489 e. The van der Waals surface area contributed by atoms with Gasteiger partial charge in [-0.1, -0.05) is 55.1 Å². The molecule has 0 saturated carbocycles. The van der Waals surface area contributed by atoms with E-state index in [2.05, 4.69) is 22.0 Å². The molecule has 0 amide bonds. The lowest BCUT2D eigenvalue weighted by molar-refractivity contribution is -0.120. The van der Waals surface area contributed by atoms with Crippen LogP contribution in [0.4, 0.5) is 5.95 Å². The number of ether oxygens (including phenoxy) is 1. The quantitative estimate of drug-likeness (QED) is 0.753.